The lowest BCUT2D eigenvalue weighted by molar-refractivity contribution is 0.0696. The molecule has 4 nitrogen and oxygen atoms in total. The van der Waals surface area contributed by atoms with Gasteiger partial charge in [-0.25, -0.2) is 4.79 Å². The van der Waals surface area contributed by atoms with Gasteiger partial charge in [-0.2, -0.15) is 0 Å². The Morgan fingerprint density at radius 3 is 2.50 bits per heavy atom. The number of rotatable bonds is 7. The summed E-state index contributed by atoms with van der Waals surface area (Å²) < 4.78 is 7.49. The fourth-order valence-electron chi connectivity index (χ4n) is 2.31. The molecule has 24 heavy (non-hydrogen) atoms. The topological polar surface area (TPSA) is 58.6 Å². The number of benzene rings is 2. The van der Waals surface area contributed by atoms with Crippen molar-refractivity contribution in [1.82, 2.24) is 0 Å². The fraction of sp³-hybridized carbons (Fsp3) is 0.278. The number of halogens is 2. The summed E-state index contributed by atoms with van der Waals surface area (Å²) in [6.45, 7) is 5.11. The molecule has 0 aliphatic carbocycles. The number of anilines is 1. The Hall–Kier alpha value is -1.53. The molecule has 0 spiro atoms. The molecule has 0 aliphatic heterocycles. The molecule has 0 unspecified atom stereocenters. The van der Waals surface area contributed by atoms with Gasteiger partial charge >= 0.3 is 5.97 Å². The van der Waals surface area contributed by atoms with Crippen LogP contribution in [0.25, 0.3) is 0 Å². The van der Waals surface area contributed by atoms with E-state index in [1.807, 2.05) is 18.2 Å². The van der Waals surface area contributed by atoms with E-state index in [0.29, 0.717) is 18.7 Å². The normalized spacial score (nSPS) is 10.5. The molecule has 0 heterocycles. The van der Waals surface area contributed by atoms with Crippen LogP contribution < -0.4 is 10.1 Å². The minimum Gasteiger partial charge on any atom is -0.491 e. The van der Waals surface area contributed by atoms with E-state index < -0.39 is 5.97 Å². The standard InChI is InChI=1S/C18H19Br2NO3/c1-3-7-24-17-14(19)8-12(9-15(17)20)10-21-16-6-4-5-13(11(16)2)18(22)23/h4-6,8-9,21H,3,7,10H2,1-2H3,(H,22,23). The maximum atomic E-state index is 11.2. The maximum absolute atomic E-state index is 11.2. The Bertz CT molecular complexity index is 724. The van der Waals surface area contributed by atoms with Crippen LogP contribution in [0.5, 0.6) is 5.75 Å². The van der Waals surface area contributed by atoms with E-state index >= 15 is 0 Å². The molecule has 0 bridgehead atoms. The van der Waals surface area contributed by atoms with Crippen molar-refractivity contribution >= 4 is 43.5 Å². The molecule has 6 heteroatoms. The number of ether oxygens (including phenoxy) is 1. The third-order valence-corrected chi connectivity index (χ3v) is 4.73. The van der Waals surface area contributed by atoms with E-state index in [2.05, 4.69) is 44.1 Å². The monoisotopic (exact) mass is 455 g/mol. The Kier molecular flexibility index (Phi) is 6.69. The highest BCUT2D eigenvalue weighted by atomic mass is 79.9. The molecule has 2 aromatic rings. The zero-order valence-corrected chi connectivity index (χ0v) is 16.7. The third kappa shape index (κ3) is 4.51. The van der Waals surface area contributed by atoms with E-state index in [0.717, 1.165) is 37.9 Å². The van der Waals surface area contributed by atoms with Crippen molar-refractivity contribution in [1.29, 1.82) is 0 Å². The van der Waals surface area contributed by atoms with Gasteiger partial charge < -0.3 is 15.2 Å². The summed E-state index contributed by atoms with van der Waals surface area (Å²) in [4.78, 5) is 11.2. The van der Waals surface area contributed by atoms with Crippen LogP contribution >= 0.6 is 31.9 Å². The molecule has 0 aliphatic rings. The lowest BCUT2D eigenvalue weighted by Gasteiger charge is -2.14. The zero-order chi connectivity index (χ0) is 17.7. The average molecular weight is 457 g/mol. The minimum atomic E-state index is -0.918. The average Bonchev–Trinajstić information content (AvgIpc) is 2.53. The number of carboxylic acids is 1. The molecule has 0 fully saturated rings. The first-order valence-electron chi connectivity index (χ1n) is 7.61. The highest BCUT2D eigenvalue weighted by molar-refractivity contribution is 9.11. The highest BCUT2D eigenvalue weighted by Gasteiger charge is 2.11. The summed E-state index contributed by atoms with van der Waals surface area (Å²) in [5, 5.41) is 12.5. The van der Waals surface area contributed by atoms with Gasteiger partial charge in [0, 0.05) is 12.2 Å². The second kappa shape index (κ2) is 8.53. The van der Waals surface area contributed by atoms with Gasteiger partial charge in [0.2, 0.25) is 0 Å². The number of carbonyl (C=O) groups is 1. The first-order valence-corrected chi connectivity index (χ1v) is 9.20. The lowest BCUT2D eigenvalue weighted by atomic mass is 10.1. The van der Waals surface area contributed by atoms with E-state index in [9.17, 15) is 9.90 Å². The first-order chi connectivity index (χ1) is 11.4. The predicted molar refractivity (Wildman–Crippen MR) is 103 cm³/mol. The van der Waals surface area contributed by atoms with Crippen molar-refractivity contribution in [2.24, 2.45) is 0 Å². The van der Waals surface area contributed by atoms with Gasteiger partial charge in [0.15, 0.2) is 0 Å². The molecule has 128 valence electrons. The number of carboxylic acid groups (broad SMARTS) is 1. The molecule has 0 atom stereocenters. The molecule has 0 saturated carbocycles. The molecule has 0 amide bonds. The van der Waals surface area contributed by atoms with Crippen LogP contribution in [0.3, 0.4) is 0 Å². The quantitative estimate of drug-likeness (QED) is 0.567. The van der Waals surface area contributed by atoms with Gasteiger partial charge in [0.25, 0.3) is 0 Å². The first kappa shape index (κ1) is 18.8. The van der Waals surface area contributed by atoms with Gasteiger partial charge in [-0.1, -0.05) is 13.0 Å². The molecular formula is C18H19Br2NO3. The summed E-state index contributed by atoms with van der Waals surface area (Å²) in [5.74, 6) is -0.122. The van der Waals surface area contributed by atoms with Crippen molar-refractivity contribution in [3.05, 3.63) is 56.0 Å². The van der Waals surface area contributed by atoms with Gasteiger partial charge in [-0.3, -0.25) is 0 Å². The molecule has 2 aromatic carbocycles. The van der Waals surface area contributed by atoms with E-state index in [1.165, 1.54) is 0 Å². The van der Waals surface area contributed by atoms with E-state index in [-0.39, 0.29) is 0 Å². The zero-order valence-electron chi connectivity index (χ0n) is 13.5. The number of hydrogen-bond donors (Lipinski definition) is 2. The summed E-state index contributed by atoms with van der Waals surface area (Å²) in [6.07, 6.45) is 0.946. The number of aromatic carboxylic acids is 1. The lowest BCUT2D eigenvalue weighted by Crippen LogP contribution is -2.06. The second-order valence-electron chi connectivity index (χ2n) is 5.37. The Labute approximate surface area is 158 Å². The van der Waals surface area contributed by atoms with E-state index in [1.54, 1.807) is 19.1 Å². The Morgan fingerprint density at radius 1 is 1.25 bits per heavy atom. The summed E-state index contributed by atoms with van der Waals surface area (Å²) in [5.41, 5.74) is 2.91. The summed E-state index contributed by atoms with van der Waals surface area (Å²) >= 11 is 7.08. The van der Waals surface area contributed by atoms with Crippen molar-refractivity contribution in [3.8, 4) is 5.75 Å². The van der Waals surface area contributed by atoms with Crippen molar-refractivity contribution in [3.63, 3.8) is 0 Å². The Balaban J connectivity index is 2.16. The third-order valence-electron chi connectivity index (χ3n) is 3.56. The van der Waals surface area contributed by atoms with Crippen LogP contribution in [0, 0.1) is 6.92 Å². The molecule has 2 rings (SSSR count). The minimum absolute atomic E-state index is 0.311. The van der Waals surface area contributed by atoms with Crippen LogP contribution in [0.2, 0.25) is 0 Å². The Morgan fingerprint density at radius 2 is 1.92 bits per heavy atom. The summed E-state index contributed by atoms with van der Waals surface area (Å²) in [6, 6.07) is 9.23. The number of hydrogen-bond acceptors (Lipinski definition) is 3. The predicted octanol–water partition coefficient (Wildman–Crippen LogP) is 5.62. The van der Waals surface area contributed by atoms with Crippen LogP contribution in [0.4, 0.5) is 5.69 Å². The fourth-order valence-corrected chi connectivity index (χ4v) is 3.82. The maximum Gasteiger partial charge on any atom is 0.336 e. The van der Waals surface area contributed by atoms with Gasteiger partial charge in [0.1, 0.15) is 5.75 Å². The summed E-state index contributed by atoms with van der Waals surface area (Å²) in [7, 11) is 0. The van der Waals surface area contributed by atoms with Gasteiger partial charge in [-0.05, 0) is 80.6 Å². The highest BCUT2D eigenvalue weighted by Crippen LogP contribution is 2.35. The van der Waals surface area contributed by atoms with Crippen molar-refractivity contribution in [2.45, 2.75) is 26.8 Å². The molecule has 0 saturated heterocycles. The van der Waals surface area contributed by atoms with Crippen LogP contribution in [0.1, 0.15) is 34.8 Å². The smallest absolute Gasteiger partial charge is 0.336 e. The van der Waals surface area contributed by atoms with Crippen LogP contribution in [-0.4, -0.2) is 17.7 Å². The van der Waals surface area contributed by atoms with Gasteiger partial charge in [-0.15, -0.1) is 0 Å². The van der Waals surface area contributed by atoms with Crippen molar-refractivity contribution < 1.29 is 14.6 Å². The molecule has 0 aromatic heterocycles. The second-order valence-corrected chi connectivity index (χ2v) is 7.08. The molecular weight excluding hydrogens is 438 g/mol. The van der Waals surface area contributed by atoms with E-state index in [4.69, 9.17) is 4.74 Å². The van der Waals surface area contributed by atoms with Crippen LogP contribution in [-0.2, 0) is 6.54 Å². The number of nitrogens with one attached hydrogen (secondary N) is 1. The SMILES string of the molecule is CCCOc1c(Br)cc(CNc2cccc(C(=O)O)c2C)cc1Br. The molecule has 0 radical (unpaired) electrons. The van der Waals surface area contributed by atoms with Gasteiger partial charge in [0.05, 0.1) is 21.1 Å². The van der Waals surface area contributed by atoms with Crippen LogP contribution in [0.15, 0.2) is 39.3 Å². The van der Waals surface area contributed by atoms with Crippen molar-refractivity contribution in [2.75, 3.05) is 11.9 Å². The largest absolute Gasteiger partial charge is 0.491 e. The molecule has 2 N–H and O–H groups in total.